The van der Waals surface area contributed by atoms with E-state index in [4.69, 9.17) is 15.8 Å². The first-order valence-electron chi connectivity index (χ1n) is 3.37. The molecular formula is C8H10ClN3O. The van der Waals surface area contributed by atoms with E-state index in [1.54, 1.807) is 18.2 Å². The summed E-state index contributed by atoms with van der Waals surface area (Å²) in [5.74, 6) is 5.68. The van der Waals surface area contributed by atoms with Crippen LogP contribution in [0.4, 0.5) is 5.69 Å². The summed E-state index contributed by atoms with van der Waals surface area (Å²) < 4.78 is 4.99. The molecule has 3 N–H and O–H groups in total. The minimum absolute atomic E-state index is 0. The molecule has 13 heavy (non-hydrogen) atoms. The van der Waals surface area contributed by atoms with Crippen molar-refractivity contribution in [2.75, 3.05) is 12.5 Å². The number of para-hydroxylation sites is 1. The number of halogens is 1. The van der Waals surface area contributed by atoms with Crippen molar-refractivity contribution in [3.8, 4) is 11.8 Å². The number of ether oxygens (including phenoxy) is 1. The van der Waals surface area contributed by atoms with E-state index in [1.807, 2.05) is 6.07 Å². The van der Waals surface area contributed by atoms with Gasteiger partial charge in [-0.3, -0.25) is 5.84 Å². The normalized spacial score (nSPS) is 8.08. The average Bonchev–Trinajstić information content (AvgIpc) is 2.16. The molecule has 1 rings (SSSR count). The van der Waals surface area contributed by atoms with Crippen molar-refractivity contribution in [3.05, 3.63) is 23.8 Å². The third-order valence-corrected chi connectivity index (χ3v) is 1.50. The summed E-state index contributed by atoms with van der Waals surface area (Å²) in [5, 5.41) is 8.67. The third-order valence-electron chi connectivity index (χ3n) is 1.50. The molecule has 0 fully saturated rings. The van der Waals surface area contributed by atoms with Crippen LogP contribution in [0.2, 0.25) is 0 Å². The highest BCUT2D eigenvalue weighted by atomic mass is 35.5. The Morgan fingerprint density at radius 1 is 1.54 bits per heavy atom. The van der Waals surface area contributed by atoms with Gasteiger partial charge in [0.25, 0.3) is 0 Å². The lowest BCUT2D eigenvalue weighted by atomic mass is 10.2. The monoisotopic (exact) mass is 199 g/mol. The number of hydrazine groups is 1. The number of nitrogens with zero attached hydrogens (tertiary/aromatic N) is 1. The highest BCUT2D eigenvalue weighted by Gasteiger charge is 2.05. The summed E-state index contributed by atoms with van der Waals surface area (Å²) in [7, 11) is 1.50. The van der Waals surface area contributed by atoms with E-state index in [0.717, 1.165) is 0 Å². The Kier molecular flexibility index (Phi) is 4.67. The van der Waals surface area contributed by atoms with Crippen LogP contribution in [0.1, 0.15) is 5.56 Å². The molecule has 0 aliphatic heterocycles. The Morgan fingerprint density at radius 3 is 2.69 bits per heavy atom. The maximum atomic E-state index is 8.67. The van der Waals surface area contributed by atoms with Crippen molar-refractivity contribution in [2.24, 2.45) is 5.84 Å². The van der Waals surface area contributed by atoms with Crippen LogP contribution in [-0.2, 0) is 0 Å². The number of benzene rings is 1. The standard InChI is InChI=1S/C8H9N3O.ClH/c1-12-8-6(5-9)3-2-4-7(8)11-10;/h2-4,11H,10H2,1H3;1H. The van der Waals surface area contributed by atoms with Gasteiger partial charge in [0.05, 0.1) is 18.4 Å². The SMILES string of the molecule is COc1c(C#N)cccc1NN.Cl. The molecule has 0 saturated carbocycles. The van der Waals surface area contributed by atoms with Gasteiger partial charge in [0.15, 0.2) is 5.75 Å². The molecule has 1 aromatic carbocycles. The van der Waals surface area contributed by atoms with Crippen LogP contribution in [0.15, 0.2) is 18.2 Å². The molecule has 0 saturated heterocycles. The minimum Gasteiger partial charge on any atom is -0.493 e. The second-order valence-corrected chi connectivity index (χ2v) is 2.14. The van der Waals surface area contributed by atoms with E-state index in [2.05, 4.69) is 5.43 Å². The third kappa shape index (κ3) is 2.25. The summed E-state index contributed by atoms with van der Waals surface area (Å²) in [5.41, 5.74) is 3.52. The molecule has 1 aromatic rings. The van der Waals surface area contributed by atoms with Crippen molar-refractivity contribution in [1.29, 1.82) is 5.26 Å². The van der Waals surface area contributed by atoms with Crippen LogP contribution in [0.3, 0.4) is 0 Å². The highest BCUT2D eigenvalue weighted by molar-refractivity contribution is 5.85. The van der Waals surface area contributed by atoms with Gasteiger partial charge in [-0.05, 0) is 12.1 Å². The Morgan fingerprint density at radius 2 is 2.23 bits per heavy atom. The molecule has 0 aliphatic rings. The van der Waals surface area contributed by atoms with Crippen molar-refractivity contribution >= 4 is 18.1 Å². The van der Waals surface area contributed by atoms with E-state index < -0.39 is 0 Å². The molecule has 70 valence electrons. The predicted octanol–water partition coefficient (Wildman–Crippen LogP) is 1.27. The van der Waals surface area contributed by atoms with E-state index in [0.29, 0.717) is 17.0 Å². The van der Waals surface area contributed by atoms with Crippen LogP contribution in [0.25, 0.3) is 0 Å². The maximum Gasteiger partial charge on any atom is 0.161 e. The number of nitriles is 1. The van der Waals surface area contributed by atoms with Crippen molar-refractivity contribution < 1.29 is 4.74 Å². The van der Waals surface area contributed by atoms with Crippen LogP contribution < -0.4 is 16.0 Å². The first kappa shape index (κ1) is 11.6. The quantitative estimate of drug-likeness (QED) is 0.556. The topological polar surface area (TPSA) is 71.1 Å². The molecule has 0 aliphatic carbocycles. The highest BCUT2D eigenvalue weighted by Crippen LogP contribution is 2.26. The smallest absolute Gasteiger partial charge is 0.161 e. The fourth-order valence-electron chi connectivity index (χ4n) is 0.959. The lowest BCUT2D eigenvalue weighted by Gasteiger charge is -2.07. The fourth-order valence-corrected chi connectivity index (χ4v) is 0.959. The van der Waals surface area contributed by atoms with Crippen molar-refractivity contribution in [1.82, 2.24) is 0 Å². The number of hydrogen-bond donors (Lipinski definition) is 2. The lowest BCUT2D eigenvalue weighted by molar-refractivity contribution is 0.415. The number of nitrogens with one attached hydrogen (secondary N) is 1. The van der Waals surface area contributed by atoms with Gasteiger partial charge in [-0.2, -0.15) is 5.26 Å². The number of methoxy groups -OCH3 is 1. The zero-order chi connectivity index (χ0) is 8.97. The van der Waals surface area contributed by atoms with E-state index in [1.165, 1.54) is 7.11 Å². The van der Waals surface area contributed by atoms with Gasteiger partial charge in [0.1, 0.15) is 6.07 Å². The summed E-state index contributed by atoms with van der Waals surface area (Å²) in [6.07, 6.45) is 0. The number of nitrogens with two attached hydrogens (primary N) is 1. The number of anilines is 1. The van der Waals surface area contributed by atoms with Gasteiger partial charge in [0.2, 0.25) is 0 Å². The van der Waals surface area contributed by atoms with Crippen molar-refractivity contribution in [3.63, 3.8) is 0 Å². The zero-order valence-electron chi connectivity index (χ0n) is 7.07. The Balaban J connectivity index is 0.00000144. The predicted molar refractivity (Wildman–Crippen MR) is 52.8 cm³/mol. The molecule has 0 amide bonds. The van der Waals surface area contributed by atoms with Crippen LogP contribution in [0.5, 0.6) is 5.75 Å². The van der Waals surface area contributed by atoms with Crippen LogP contribution in [-0.4, -0.2) is 7.11 Å². The summed E-state index contributed by atoms with van der Waals surface area (Å²) >= 11 is 0. The summed E-state index contributed by atoms with van der Waals surface area (Å²) in [6, 6.07) is 7.14. The van der Waals surface area contributed by atoms with E-state index in [9.17, 15) is 0 Å². The Bertz CT molecular complexity index is 322. The molecule has 5 heteroatoms. The van der Waals surface area contributed by atoms with Crippen LogP contribution >= 0.6 is 12.4 Å². The lowest BCUT2D eigenvalue weighted by Crippen LogP contribution is -2.08. The van der Waals surface area contributed by atoms with Crippen molar-refractivity contribution in [2.45, 2.75) is 0 Å². The molecule has 0 atom stereocenters. The Labute approximate surface area is 82.7 Å². The maximum absolute atomic E-state index is 8.67. The minimum atomic E-state index is 0. The van der Waals surface area contributed by atoms with Gasteiger partial charge in [0, 0.05) is 0 Å². The van der Waals surface area contributed by atoms with Crippen LogP contribution in [0, 0.1) is 11.3 Å². The molecular weight excluding hydrogens is 190 g/mol. The molecule has 4 nitrogen and oxygen atoms in total. The number of nitrogen functional groups attached to an aromatic ring is 1. The Hall–Kier alpha value is -1.44. The van der Waals surface area contributed by atoms with Gasteiger partial charge in [-0.1, -0.05) is 6.07 Å². The van der Waals surface area contributed by atoms with Gasteiger partial charge >= 0.3 is 0 Å². The molecule has 0 aromatic heterocycles. The first-order valence-corrected chi connectivity index (χ1v) is 3.37. The molecule has 0 radical (unpaired) electrons. The summed E-state index contributed by atoms with van der Waals surface area (Å²) in [4.78, 5) is 0. The second-order valence-electron chi connectivity index (χ2n) is 2.14. The van der Waals surface area contributed by atoms with E-state index >= 15 is 0 Å². The van der Waals surface area contributed by atoms with Gasteiger partial charge in [-0.15, -0.1) is 12.4 Å². The summed E-state index contributed by atoms with van der Waals surface area (Å²) in [6.45, 7) is 0. The van der Waals surface area contributed by atoms with Gasteiger partial charge < -0.3 is 10.2 Å². The van der Waals surface area contributed by atoms with Gasteiger partial charge in [-0.25, -0.2) is 0 Å². The zero-order valence-corrected chi connectivity index (χ0v) is 7.89. The molecule has 0 bridgehead atoms. The molecule has 0 spiro atoms. The average molecular weight is 200 g/mol. The number of hydrogen-bond acceptors (Lipinski definition) is 4. The number of rotatable bonds is 2. The first-order chi connectivity index (χ1) is 5.83. The van der Waals surface area contributed by atoms with E-state index in [-0.39, 0.29) is 12.4 Å². The fraction of sp³-hybridized carbons (Fsp3) is 0.125. The second kappa shape index (κ2) is 5.25. The molecule has 0 heterocycles. The largest absolute Gasteiger partial charge is 0.493 e. The molecule has 0 unspecified atom stereocenters.